The highest BCUT2D eigenvalue weighted by Gasteiger charge is 2.48. The van der Waals surface area contributed by atoms with Crippen molar-refractivity contribution in [3.8, 4) is 0 Å². The molecule has 9 N–H and O–H groups in total. The number of thioether (sulfide) groups is 1. The topological polar surface area (TPSA) is 193 Å². The normalized spacial score (nSPS) is 17.6. The minimum atomic E-state index is -2.01. The van der Waals surface area contributed by atoms with E-state index in [2.05, 4.69) is 0 Å². The highest BCUT2D eigenvalue weighted by atomic mass is 32.2. The van der Waals surface area contributed by atoms with Crippen LogP contribution in [0.1, 0.15) is 19.8 Å². The Kier molecular flexibility index (Phi) is 8.38. The van der Waals surface area contributed by atoms with Gasteiger partial charge in [0, 0.05) is 0 Å². The van der Waals surface area contributed by atoms with Crippen LogP contribution < -0.4 is 22.9 Å². The zero-order valence-electron chi connectivity index (χ0n) is 13.2. The Morgan fingerprint density at radius 1 is 1.13 bits per heavy atom. The number of carboxylic acids is 1. The zero-order valence-corrected chi connectivity index (χ0v) is 14.0. The SMILES string of the molecule is CSCC[C@@H](N)C(=O)C(C(=O)[C@H](N)CC(=O)O)C(C)(N)C(N)=O. The van der Waals surface area contributed by atoms with Crippen LogP contribution in [0.4, 0.5) is 0 Å². The van der Waals surface area contributed by atoms with E-state index in [0.717, 1.165) is 6.92 Å². The molecule has 0 saturated carbocycles. The van der Waals surface area contributed by atoms with Crippen LogP contribution >= 0.6 is 11.8 Å². The van der Waals surface area contributed by atoms with Crippen LogP contribution in [0.2, 0.25) is 0 Å². The van der Waals surface area contributed by atoms with Crippen LogP contribution in [-0.4, -0.2) is 58.2 Å². The summed E-state index contributed by atoms with van der Waals surface area (Å²) in [7, 11) is 0. The lowest BCUT2D eigenvalue weighted by atomic mass is 9.75. The van der Waals surface area contributed by atoms with Gasteiger partial charge >= 0.3 is 5.97 Å². The molecule has 1 amide bonds. The van der Waals surface area contributed by atoms with Gasteiger partial charge in [-0.05, 0) is 25.4 Å². The van der Waals surface area contributed by atoms with Crippen molar-refractivity contribution in [1.29, 1.82) is 0 Å². The molecule has 0 aliphatic rings. The summed E-state index contributed by atoms with van der Waals surface area (Å²) >= 11 is 1.45. The van der Waals surface area contributed by atoms with Crippen molar-refractivity contribution in [3.63, 3.8) is 0 Å². The number of carbonyl (C=O) groups is 4. The molecule has 0 radical (unpaired) electrons. The minimum absolute atomic E-state index is 0.271. The van der Waals surface area contributed by atoms with E-state index in [0.29, 0.717) is 5.75 Å². The molecule has 0 aliphatic carbocycles. The molecule has 0 aliphatic heterocycles. The number of carbonyl (C=O) groups excluding carboxylic acids is 3. The van der Waals surface area contributed by atoms with E-state index in [1.54, 1.807) is 0 Å². The second kappa shape index (κ2) is 8.96. The standard InChI is InChI=1S/C13H24N4O5S/c1-13(17,12(16)22)9(10(20)6(14)3-4-23-2)11(21)7(15)5-8(18)19/h6-7,9H,3-5,14-15,17H2,1-2H3,(H2,16,22)(H,18,19)/t6-,7-,9?,13?/m1/s1. The van der Waals surface area contributed by atoms with Crippen LogP contribution in [0, 0.1) is 5.92 Å². The number of nitrogens with two attached hydrogens (primary N) is 4. The van der Waals surface area contributed by atoms with Gasteiger partial charge < -0.3 is 28.0 Å². The van der Waals surface area contributed by atoms with Crippen molar-refractivity contribution in [1.82, 2.24) is 0 Å². The highest BCUT2D eigenvalue weighted by molar-refractivity contribution is 7.98. The molecule has 0 aromatic heterocycles. The van der Waals surface area contributed by atoms with Crippen LogP contribution in [0.15, 0.2) is 0 Å². The Balaban J connectivity index is 5.57. The molecule has 4 atom stereocenters. The highest BCUT2D eigenvalue weighted by Crippen LogP contribution is 2.21. The van der Waals surface area contributed by atoms with Gasteiger partial charge in [-0.3, -0.25) is 19.2 Å². The largest absolute Gasteiger partial charge is 0.481 e. The fourth-order valence-electron chi connectivity index (χ4n) is 1.98. The first-order valence-electron chi connectivity index (χ1n) is 6.84. The Labute approximate surface area is 138 Å². The third-order valence-corrected chi connectivity index (χ3v) is 4.10. The first kappa shape index (κ1) is 21.5. The Morgan fingerprint density at radius 3 is 2.00 bits per heavy atom. The van der Waals surface area contributed by atoms with Crippen molar-refractivity contribution in [3.05, 3.63) is 0 Å². The molecular formula is C13H24N4O5S. The van der Waals surface area contributed by atoms with E-state index >= 15 is 0 Å². The molecule has 0 heterocycles. The Hall–Kier alpha value is -1.49. The maximum Gasteiger partial charge on any atom is 0.305 e. The molecule has 0 rings (SSSR count). The molecule has 9 nitrogen and oxygen atoms in total. The van der Waals surface area contributed by atoms with Crippen LogP contribution in [0.3, 0.4) is 0 Å². The second-order valence-electron chi connectivity index (χ2n) is 5.48. The molecule has 0 aromatic rings. The summed E-state index contributed by atoms with van der Waals surface area (Å²) in [5, 5.41) is 8.72. The van der Waals surface area contributed by atoms with Gasteiger partial charge in [0.15, 0.2) is 11.6 Å². The van der Waals surface area contributed by atoms with Gasteiger partial charge in [0.2, 0.25) is 5.91 Å². The van der Waals surface area contributed by atoms with E-state index in [-0.39, 0.29) is 6.42 Å². The van der Waals surface area contributed by atoms with E-state index in [9.17, 15) is 19.2 Å². The second-order valence-corrected chi connectivity index (χ2v) is 6.46. The first-order valence-corrected chi connectivity index (χ1v) is 8.24. The number of aliphatic carboxylic acids is 1. The third kappa shape index (κ3) is 5.90. The Morgan fingerprint density at radius 2 is 1.61 bits per heavy atom. The molecule has 132 valence electrons. The quantitative estimate of drug-likeness (QED) is 0.258. The van der Waals surface area contributed by atoms with Crippen molar-refractivity contribution in [2.75, 3.05) is 12.0 Å². The Bertz CT molecular complexity index is 483. The lowest BCUT2D eigenvalue weighted by Crippen LogP contribution is -2.64. The number of amides is 1. The number of carboxylic acid groups (broad SMARTS) is 1. The predicted octanol–water partition coefficient (Wildman–Crippen LogP) is -2.17. The minimum Gasteiger partial charge on any atom is -0.481 e. The van der Waals surface area contributed by atoms with Crippen LogP contribution in [-0.2, 0) is 19.2 Å². The van der Waals surface area contributed by atoms with Crippen molar-refractivity contribution < 1.29 is 24.3 Å². The number of rotatable bonds is 11. The fraction of sp³-hybridized carbons (Fsp3) is 0.692. The average Bonchev–Trinajstić information content (AvgIpc) is 2.43. The molecule has 0 fully saturated rings. The fourth-order valence-corrected chi connectivity index (χ4v) is 2.47. The van der Waals surface area contributed by atoms with Gasteiger partial charge in [-0.2, -0.15) is 11.8 Å². The van der Waals surface area contributed by atoms with Crippen molar-refractivity contribution in [2.45, 2.75) is 37.4 Å². The van der Waals surface area contributed by atoms with E-state index in [1.807, 2.05) is 6.26 Å². The molecular weight excluding hydrogens is 324 g/mol. The molecule has 0 aromatic carbocycles. The first-order chi connectivity index (χ1) is 10.5. The number of primary amides is 1. The summed E-state index contributed by atoms with van der Waals surface area (Å²) in [6.45, 7) is 1.13. The van der Waals surface area contributed by atoms with Gasteiger partial charge in [-0.15, -0.1) is 0 Å². The molecule has 0 bridgehead atoms. The molecule has 0 saturated heterocycles. The lowest BCUT2D eigenvalue weighted by molar-refractivity contribution is -0.145. The predicted molar refractivity (Wildman–Crippen MR) is 86.5 cm³/mol. The summed E-state index contributed by atoms with van der Waals surface area (Å²) in [6, 6.07) is -2.52. The summed E-state index contributed by atoms with van der Waals surface area (Å²) < 4.78 is 0. The van der Waals surface area contributed by atoms with Crippen LogP contribution in [0.25, 0.3) is 0 Å². The van der Waals surface area contributed by atoms with Gasteiger partial charge in [-0.1, -0.05) is 0 Å². The zero-order chi connectivity index (χ0) is 18.4. The van der Waals surface area contributed by atoms with E-state index in [1.165, 1.54) is 11.8 Å². The van der Waals surface area contributed by atoms with Gasteiger partial charge in [0.1, 0.15) is 11.5 Å². The molecule has 10 heteroatoms. The number of hydrogen-bond acceptors (Lipinski definition) is 8. The molecule has 23 heavy (non-hydrogen) atoms. The number of ketones is 2. The average molecular weight is 348 g/mol. The van der Waals surface area contributed by atoms with Crippen molar-refractivity contribution >= 4 is 35.2 Å². The maximum absolute atomic E-state index is 12.5. The smallest absolute Gasteiger partial charge is 0.305 e. The molecule has 0 spiro atoms. The lowest BCUT2D eigenvalue weighted by Gasteiger charge is -2.32. The monoisotopic (exact) mass is 348 g/mol. The van der Waals surface area contributed by atoms with E-state index < -0.39 is 53.4 Å². The van der Waals surface area contributed by atoms with E-state index in [4.69, 9.17) is 28.0 Å². The summed E-state index contributed by atoms with van der Waals surface area (Å²) in [6.07, 6.45) is 1.39. The van der Waals surface area contributed by atoms with Gasteiger partial charge in [-0.25, -0.2) is 0 Å². The summed E-state index contributed by atoms with van der Waals surface area (Å²) in [5.41, 5.74) is 20.2. The van der Waals surface area contributed by atoms with Gasteiger partial charge in [0.25, 0.3) is 0 Å². The van der Waals surface area contributed by atoms with Crippen LogP contribution in [0.5, 0.6) is 0 Å². The molecule has 2 unspecified atom stereocenters. The summed E-state index contributed by atoms with van der Waals surface area (Å²) in [4.78, 5) is 47.1. The summed E-state index contributed by atoms with van der Waals surface area (Å²) in [5.74, 6) is -5.25. The number of Topliss-reactive ketones (excluding diaryl/α,β-unsaturated/α-hetero) is 2. The van der Waals surface area contributed by atoms with Gasteiger partial charge in [0.05, 0.1) is 18.5 Å². The number of hydrogen-bond donors (Lipinski definition) is 5. The maximum atomic E-state index is 12.5. The van der Waals surface area contributed by atoms with Crippen molar-refractivity contribution in [2.24, 2.45) is 28.9 Å². The third-order valence-electron chi connectivity index (χ3n) is 3.46.